The number of nitriles is 1. The van der Waals surface area contributed by atoms with Crippen LogP contribution in [0.25, 0.3) is 33.6 Å². The summed E-state index contributed by atoms with van der Waals surface area (Å²) in [6, 6.07) is 17.5. The fraction of sp³-hybridized carbons (Fsp3) is 0.382. The zero-order valence-electron chi connectivity index (χ0n) is 24.4. The van der Waals surface area contributed by atoms with Gasteiger partial charge in [-0.25, -0.2) is 0 Å². The van der Waals surface area contributed by atoms with E-state index in [0.29, 0.717) is 41.4 Å². The van der Waals surface area contributed by atoms with Crippen LogP contribution >= 0.6 is 0 Å². The number of rotatable bonds is 6. The second-order valence-corrected chi connectivity index (χ2v) is 11.8. The molecular weight excluding hydrogens is 528 g/mol. The Morgan fingerprint density at radius 3 is 2.74 bits per heavy atom. The molecule has 2 aliphatic heterocycles. The predicted molar refractivity (Wildman–Crippen MR) is 161 cm³/mol. The maximum Gasteiger partial charge on any atom is 0.251 e. The van der Waals surface area contributed by atoms with Crippen LogP contribution in [0, 0.1) is 18.3 Å². The number of benzene rings is 2. The van der Waals surface area contributed by atoms with E-state index >= 15 is 0 Å². The van der Waals surface area contributed by atoms with Gasteiger partial charge in [0.2, 0.25) is 0 Å². The van der Waals surface area contributed by atoms with Crippen molar-refractivity contribution in [3.05, 3.63) is 71.4 Å². The van der Waals surface area contributed by atoms with Gasteiger partial charge >= 0.3 is 0 Å². The topological polar surface area (TPSA) is 101 Å². The molecule has 2 aromatic carbocycles. The number of hydrogen-bond donors (Lipinski definition) is 1. The summed E-state index contributed by atoms with van der Waals surface area (Å²) >= 11 is 0. The van der Waals surface area contributed by atoms with Crippen LogP contribution in [-0.4, -0.2) is 60.8 Å². The third-order valence-corrected chi connectivity index (χ3v) is 8.34. The van der Waals surface area contributed by atoms with Crippen molar-refractivity contribution < 1.29 is 18.7 Å². The van der Waals surface area contributed by atoms with E-state index in [0.717, 1.165) is 66.5 Å². The quantitative estimate of drug-likeness (QED) is 0.301. The van der Waals surface area contributed by atoms with Crippen LogP contribution in [0.15, 0.2) is 59.1 Å². The second kappa shape index (κ2) is 11.6. The minimum absolute atomic E-state index is 0.0507. The summed E-state index contributed by atoms with van der Waals surface area (Å²) in [6.07, 6.45) is 5.47. The number of hydrogen-bond acceptors (Lipinski definition) is 7. The van der Waals surface area contributed by atoms with Crippen molar-refractivity contribution in [1.82, 2.24) is 15.2 Å². The molecule has 0 bridgehead atoms. The lowest BCUT2D eigenvalue weighted by molar-refractivity contribution is 0.0254. The Kier molecular flexibility index (Phi) is 7.72. The van der Waals surface area contributed by atoms with Crippen molar-refractivity contribution in [2.45, 2.75) is 51.2 Å². The number of piperidine rings is 1. The van der Waals surface area contributed by atoms with Crippen molar-refractivity contribution in [1.29, 1.82) is 5.26 Å². The highest BCUT2D eigenvalue weighted by atomic mass is 16.5. The molecule has 0 aliphatic carbocycles. The number of carbonyl (C=O) groups is 1. The van der Waals surface area contributed by atoms with Crippen molar-refractivity contribution in [2.75, 3.05) is 33.4 Å². The van der Waals surface area contributed by atoms with E-state index in [4.69, 9.17) is 13.9 Å². The average molecular weight is 565 g/mol. The molecule has 0 radical (unpaired) electrons. The van der Waals surface area contributed by atoms with Crippen molar-refractivity contribution in [3.8, 4) is 34.3 Å². The minimum Gasteiger partial charge on any atom is -0.489 e. The van der Waals surface area contributed by atoms with Crippen LogP contribution in [0.2, 0.25) is 0 Å². The van der Waals surface area contributed by atoms with Gasteiger partial charge in [0.25, 0.3) is 5.91 Å². The average Bonchev–Trinajstić information content (AvgIpc) is 3.42. The minimum atomic E-state index is -0.238. The van der Waals surface area contributed by atoms with Crippen LogP contribution in [0.1, 0.15) is 54.1 Å². The first-order chi connectivity index (χ1) is 20.3. The van der Waals surface area contributed by atoms with Crippen LogP contribution in [-0.2, 0) is 4.74 Å². The molecule has 2 fully saturated rings. The maximum absolute atomic E-state index is 13.2. The lowest BCUT2D eigenvalue weighted by Gasteiger charge is -2.39. The number of furan rings is 1. The van der Waals surface area contributed by atoms with Crippen molar-refractivity contribution in [3.63, 3.8) is 0 Å². The first kappa shape index (κ1) is 28.0. The number of nitrogens with one attached hydrogen (secondary N) is 1. The van der Waals surface area contributed by atoms with Gasteiger partial charge in [0.1, 0.15) is 29.2 Å². The van der Waals surface area contributed by atoms with Gasteiger partial charge in [0.15, 0.2) is 5.58 Å². The van der Waals surface area contributed by atoms with E-state index in [1.54, 1.807) is 6.20 Å². The van der Waals surface area contributed by atoms with E-state index in [-0.39, 0.29) is 17.6 Å². The summed E-state index contributed by atoms with van der Waals surface area (Å²) in [6.45, 7) is 7.35. The highest BCUT2D eigenvalue weighted by Crippen LogP contribution is 2.36. The Labute approximate surface area is 246 Å². The van der Waals surface area contributed by atoms with Crippen LogP contribution in [0.5, 0.6) is 5.75 Å². The molecule has 0 saturated carbocycles. The number of likely N-dealkylation sites (tertiary alicyclic amines) is 1. The highest BCUT2D eigenvalue weighted by Gasteiger charge is 2.31. The van der Waals surface area contributed by atoms with Gasteiger partial charge in [-0.05, 0) is 81.7 Å². The lowest BCUT2D eigenvalue weighted by atomic mass is 9.91. The third kappa shape index (κ3) is 5.76. The monoisotopic (exact) mass is 564 g/mol. The van der Waals surface area contributed by atoms with E-state index in [1.807, 2.05) is 55.5 Å². The molecule has 1 unspecified atom stereocenters. The summed E-state index contributed by atoms with van der Waals surface area (Å²) in [5.74, 6) is 1.20. The molecular formula is C34H36N4O4. The molecule has 8 nitrogen and oxygen atoms in total. The fourth-order valence-electron chi connectivity index (χ4n) is 6.18. The Hall–Kier alpha value is -4.19. The van der Waals surface area contributed by atoms with Gasteiger partial charge in [-0.15, -0.1) is 0 Å². The predicted octanol–water partition coefficient (Wildman–Crippen LogP) is 6.11. The first-order valence-electron chi connectivity index (χ1n) is 14.6. The highest BCUT2D eigenvalue weighted by molar-refractivity contribution is 5.96. The van der Waals surface area contributed by atoms with Crippen molar-refractivity contribution in [2.24, 2.45) is 0 Å². The molecule has 1 N–H and O–H groups in total. The molecule has 0 spiro atoms. The lowest BCUT2D eigenvalue weighted by Crippen LogP contribution is -2.55. The molecule has 6 rings (SSSR count). The summed E-state index contributed by atoms with van der Waals surface area (Å²) in [4.78, 5) is 20.0. The van der Waals surface area contributed by atoms with Gasteiger partial charge in [0.05, 0.1) is 24.3 Å². The molecule has 8 heteroatoms. The molecule has 2 aromatic heterocycles. The number of aryl methyl sites for hydroxylation is 1. The van der Waals surface area contributed by atoms with Crippen LogP contribution in [0.4, 0.5) is 0 Å². The molecule has 1 amide bonds. The van der Waals surface area contributed by atoms with E-state index in [9.17, 15) is 10.1 Å². The number of amides is 1. The van der Waals surface area contributed by atoms with E-state index < -0.39 is 0 Å². The van der Waals surface area contributed by atoms with Gasteiger partial charge in [-0.3, -0.25) is 9.78 Å². The van der Waals surface area contributed by atoms with E-state index in [2.05, 4.69) is 35.2 Å². The number of pyridine rings is 1. The number of aromatic nitrogens is 1. The van der Waals surface area contributed by atoms with Crippen LogP contribution < -0.4 is 10.1 Å². The second-order valence-electron chi connectivity index (χ2n) is 11.8. The largest absolute Gasteiger partial charge is 0.489 e. The Bertz CT molecular complexity index is 1670. The molecule has 2 saturated heterocycles. The summed E-state index contributed by atoms with van der Waals surface area (Å²) in [5, 5.41) is 13.1. The molecule has 4 heterocycles. The summed E-state index contributed by atoms with van der Waals surface area (Å²) in [5.41, 5.74) is 5.78. The zero-order valence-corrected chi connectivity index (χ0v) is 24.4. The van der Waals surface area contributed by atoms with Gasteiger partial charge in [-0.2, -0.15) is 5.26 Å². The normalized spacial score (nSPS) is 19.9. The van der Waals surface area contributed by atoms with Gasteiger partial charge < -0.3 is 24.1 Å². The first-order valence-corrected chi connectivity index (χ1v) is 14.6. The zero-order chi connectivity index (χ0) is 29.3. The van der Waals surface area contributed by atoms with Gasteiger partial charge in [-0.1, -0.05) is 12.1 Å². The summed E-state index contributed by atoms with van der Waals surface area (Å²) < 4.78 is 18.0. The Balaban J connectivity index is 1.26. The Morgan fingerprint density at radius 2 is 1.98 bits per heavy atom. The molecule has 2 aliphatic rings. The molecule has 42 heavy (non-hydrogen) atoms. The maximum atomic E-state index is 13.2. The van der Waals surface area contributed by atoms with Crippen molar-refractivity contribution >= 4 is 17.0 Å². The molecule has 216 valence electrons. The van der Waals surface area contributed by atoms with Crippen LogP contribution in [0.3, 0.4) is 0 Å². The number of carbonyl (C=O) groups excluding carboxylic acids is 1. The molecule has 1 atom stereocenters. The Morgan fingerprint density at radius 1 is 1.14 bits per heavy atom. The summed E-state index contributed by atoms with van der Waals surface area (Å²) in [7, 11) is 2.09. The van der Waals surface area contributed by atoms with E-state index in [1.165, 1.54) is 0 Å². The fourth-order valence-corrected chi connectivity index (χ4v) is 6.18. The number of nitrogens with zero attached hydrogens (tertiary/aromatic N) is 3. The number of fused-ring (bicyclic) bond motifs is 1. The smallest absolute Gasteiger partial charge is 0.251 e. The number of ether oxygens (including phenoxy) is 2. The SMILES string of the molecule is Cc1cc(C(=O)NC2(C)CCCN(C)C2)ccc1-c1cc2nccc(-c3ccc(OC4CCOCC4)c(C#N)c3)c2o1. The third-order valence-electron chi connectivity index (χ3n) is 8.34. The molecule has 4 aromatic rings. The standard InChI is InChI=1S/C34H36N4O4/c1-22-17-24(33(39)37-34(2)12-4-14-38(3)21-34)5-7-27(22)31-19-29-32(42-31)28(9-13-36-29)23-6-8-30(25(18-23)20-35)41-26-10-15-40-16-11-26/h5-9,13,17-19,26H,4,10-12,14-16,21H2,1-3H3,(H,37,39). The number of likely N-dealkylation sites (N-methyl/N-ethyl adjacent to an activating group) is 1. The van der Waals surface area contributed by atoms with Gasteiger partial charge in [0, 0.05) is 48.3 Å².